The predicted octanol–water partition coefficient (Wildman–Crippen LogP) is 5.46. The largest absolute Gasteiger partial charge is 0.441 e. The fraction of sp³-hybridized carbons (Fsp3) is 0.375. The summed E-state index contributed by atoms with van der Waals surface area (Å²) in [5.74, 6) is 0.378. The third kappa shape index (κ3) is 3.64. The molecule has 7 heteroatoms. The smallest absolute Gasteiger partial charge is 0.415 e. The van der Waals surface area contributed by atoms with Crippen molar-refractivity contribution in [2.24, 2.45) is 5.92 Å². The van der Waals surface area contributed by atoms with Crippen molar-refractivity contribution in [3.05, 3.63) is 58.9 Å². The van der Waals surface area contributed by atoms with Gasteiger partial charge >= 0.3 is 6.09 Å². The molecule has 158 valence electrons. The molecule has 31 heavy (non-hydrogen) atoms. The van der Waals surface area contributed by atoms with Crippen LogP contribution in [0.3, 0.4) is 0 Å². The third-order valence-electron chi connectivity index (χ3n) is 6.47. The minimum atomic E-state index is -0.474. The molecule has 2 fully saturated rings. The van der Waals surface area contributed by atoms with Gasteiger partial charge in [0, 0.05) is 6.54 Å². The Kier molecular flexibility index (Phi) is 4.86. The second-order valence-electron chi connectivity index (χ2n) is 8.77. The van der Waals surface area contributed by atoms with E-state index >= 15 is 0 Å². The third-order valence-corrected chi connectivity index (χ3v) is 6.78. The lowest BCUT2D eigenvalue weighted by Gasteiger charge is -2.36. The summed E-state index contributed by atoms with van der Waals surface area (Å²) in [4.78, 5) is 18.9. The fourth-order valence-corrected chi connectivity index (χ4v) is 5.37. The highest BCUT2D eigenvalue weighted by atomic mass is 35.5. The first kappa shape index (κ1) is 19.9. The summed E-state index contributed by atoms with van der Waals surface area (Å²) >= 11 is 6.42. The monoisotopic (exact) mass is 434 g/mol. The molecule has 2 aromatic carbocycles. The van der Waals surface area contributed by atoms with Crippen LogP contribution in [0.5, 0.6) is 0 Å². The van der Waals surface area contributed by atoms with Gasteiger partial charge in [0.1, 0.15) is 5.60 Å². The molecule has 2 aliphatic rings. The van der Waals surface area contributed by atoms with Crippen molar-refractivity contribution in [2.75, 3.05) is 11.4 Å². The molecule has 0 N–H and O–H groups in total. The number of halogens is 1. The quantitative estimate of drug-likeness (QED) is 0.549. The first-order valence-corrected chi connectivity index (χ1v) is 11.0. The van der Waals surface area contributed by atoms with Gasteiger partial charge in [0.05, 0.1) is 46.2 Å². The molecular formula is C24H23ClN4O2. The molecule has 1 aliphatic carbocycles. The Labute approximate surface area is 186 Å². The number of rotatable bonds is 3. The number of imidazole rings is 1. The fourth-order valence-electron chi connectivity index (χ4n) is 5.03. The highest BCUT2D eigenvalue weighted by Crippen LogP contribution is 2.43. The van der Waals surface area contributed by atoms with Crippen LogP contribution in [0.1, 0.15) is 36.8 Å². The summed E-state index contributed by atoms with van der Waals surface area (Å²) in [7, 11) is 0. The highest BCUT2D eigenvalue weighted by Gasteiger charge is 2.48. The molecular weight excluding hydrogens is 412 g/mol. The number of aryl methyl sites for hydroxylation is 1. The van der Waals surface area contributed by atoms with Gasteiger partial charge in [0.15, 0.2) is 0 Å². The first-order valence-electron chi connectivity index (χ1n) is 10.6. The summed E-state index contributed by atoms with van der Waals surface area (Å²) in [6, 6.07) is 13.5. The molecule has 0 bridgehead atoms. The lowest BCUT2D eigenvalue weighted by molar-refractivity contribution is 0.00439. The van der Waals surface area contributed by atoms with Crippen molar-refractivity contribution in [1.29, 1.82) is 5.26 Å². The van der Waals surface area contributed by atoms with Crippen molar-refractivity contribution in [1.82, 2.24) is 9.55 Å². The molecule has 1 aromatic heterocycles. The van der Waals surface area contributed by atoms with Gasteiger partial charge in [-0.25, -0.2) is 9.78 Å². The Morgan fingerprint density at radius 2 is 2.19 bits per heavy atom. The Bertz CT molecular complexity index is 1210. The van der Waals surface area contributed by atoms with Gasteiger partial charge in [0.25, 0.3) is 0 Å². The number of fused-ring (bicyclic) bond motifs is 1. The molecule has 0 unspecified atom stereocenters. The van der Waals surface area contributed by atoms with Crippen LogP contribution in [0.4, 0.5) is 10.5 Å². The molecule has 6 nitrogen and oxygen atoms in total. The number of carbonyl (C=O) groups is 1. The molecule has 1 saturated carbocycles. The van der Waals surface area contributed by atoms with E-state index in [-0.39, 0.29) is 6.09 Å². The van der Waals surface area contributed by atoms with Crippen LogP contribution < -0.4 is 4.90 Å². The van der Waals surface area contributed by atoms with Crippen molar-refractivity contribution in [3.8, 4) is 6.07 Å². The maximum atomic E-state index is 12.7. The van der Waals surface area contributed by atoms with Gasteiger partial charge < -0.3 is 9.30 Å². The van der Waals surface area contributed by atoms with E-state index in [2.05, 4.69) is 15.6 Å². The van der Waals surface area contributed by atoms with Crippen molar-refractivity contribution in [2.45, 2.75) is 44.8 Å². The Morgan fingerprint density at radius 1 is 1.32 bits per heavy atom. The highest BCUT2D eigenvalue weighted by molar-refractivity contribution is 6.33. The van der Waals surface area contributed by atoms with E-state index in [0.29, 0.717) is 28.7 Å². The van der Waals surface area contributed by atoms with E-state index < -0.39 is 5.60 Å². The molecule has 2 heterocycles. The summed E-state index contributed by atoms with van der Waals surface area (Å²) in [6.07, 6.45) is 5.30. The van der Waals surface area contributed by atoms with Crippen LogP contribution in [-0.2, 0) is 11.3 Å². The number of anilines is 1. The van der Waals surface area contributed by atoms with Crippen LogP contribution in [0.2, 0.25) is 5.02 Å². The molecule has 2 atom stereocenters. The second-order valence-corrected chi connectivity index (χ2v) is 9.17. The van der Waals surface area contributed by atoms with E-state index in [9.17, 15) is 4.79 Å². The van der Waals surface area contributed by atoms with E-state index in [1.54, 1.807) is 4.90 Å². The normalized spacial score (nSPS) is 23.3. The number of amides is 1. The number of nitriles is 1. The molecule has 1 aliphatic heterocycles. The minimum Gasteiger partial charge on any atom is -0.441 e. The number of carbonyl (C=O) groups excluding carboxylic acids is 1. The van der Waals surface area contributed by atoms with Crippen LogP contribution in [0, 0.1) is 24.2 Å². The van der Waals surface area contributed by atoms with Crippen LogP contribution in [0.15, 0.2) is 42.7 Å². The Balaban J connectivity index is 1.35. The summed E-state index contributed by atoms with van der Waals surface area (Å²) in [6.45, 7) is 3.32. The number of benzene rings is 2. The lowest BCUT2D eigenvalue weighted by Crippen LogP contribution is -2.40. The Morgan fingerprint density at radius 3 is 3.00 bits per heavy atom. The Hall–Kier alpha value is -3.04. The van der Waals surface area contributed by atoms with Gasteiger partial charge in [-0.1, -0.05) is 17.7 Å². The summed E-state index contributed by atoms with van der Waals surface area (Å²) in [5, 5.41) is 9.67. The maximum absolute atomic E-state index is 12.7. The second kappa shape index (κ2) is 7.58. The topological polar surface area (TPSA) is 71.2 Å². The van der Waals surface area contributed by atoms with Crippen LogP contribution >= 0.6 is 11.6 Å². The van der Waals surface area contributed by atoms with Gasteiger partial charge in [0.2, 0.25) is 0 Å². The average molecular weight is 435 g/mol. The minimum absolute atomic E-state index is 0.316. The van der Waals surface area contributed by atoms with Gasteiger partial charge in [-0.05, 0) is 74.4 Å². The van der Waals surface area contributed by atoms with Gasteiger partial charge in [-0.15, -0.1) is 0 Å². The number of hydrogen-bond donors (Lipinski definition) is 0. The van der Waals surface area contributed by atoms with Gasteiger partial charge in [-0.3, -0.25) is 4.90 Å². The predicted molar refractivity (Wildman–Crippen MR) is 119 cm³/mol. The SMILES string of the molecule is Cc1ccc(N2C[C@@]3(CCC[C@H](Cn4cnc5cc(C#N)ccc54)C3)OC2=O)c(Cl)c1. The van der Waals surface area contributed by atoms with Crippen molar-refractivity contribution < 1.29 is 9.53 Å². The average Bonchev–Trinajstić information content (AvgIpc) is 3.28. The number of nitrogens with zero attached hydrogens (tertiary/aromatic N) is 4. The van der Waals surface area contributed by atoms with Gasteiger partial charge in [-0.2, -0.15) is 5.26 Å². The van der Waals surface area contributed by atoms with E-state index in [4.69, 9.17) is 21.6 Å². The molecule has 1 amide bonds. The lowest BCUT2D eigenvalue weighted by atomic mass is 9.78. The number of hydrogen-bond acceptors (Lipinski definition) is 4. The van der Waals surface area contributed by atoms with Crippen LogP contribution in [-0.4, -0.2) is 27.8 Å². The van der Waals surface area contributed by atoms with E-state index in [0.717, 1.165) is 48.8 Å². The summed E-state index contributed by atoms with van der Waals surface area (Å²) < 4.78 is 8.12. The van der Waals surface area contributed by atoms with Crippen molar-refractivity contribution in [3.63, 3.8) is 0 Å². The maximum Gasteiger partial charge on any atom is 0.415 e. The zero-order valence-electron chi connectivity index (χ0n) is 17.3. The van der Waals surface area contributed by atoms with Crippen LogP contribution in [0.25, 0.3) is 11.0 Å². The molecule has 0 radical (unpaired) electrons. The molecule has 1 saturated heterocycles. The summed E-state index contributed by atoms with van der Waals surface area (Å²) in [5.41, 5.74) is 3.76. The van der Waals surface area contributed by atoms with E-state index in [1.807, 2.05) is 49.6 Å². The zero-order valence-corrected chi connectivity index (χ0v) is 18.1. The first-order chi connectivity index (χ1) is 15.0. The number of aromatic nitrogens is 2. The molecule has 1 spiro atoms. The molecule has 5 rings (SSSR count). The van der Waals surface area contributed by atoms with E-state index in [1.165, 1.54) is 0 Å². The molecule has 3 aromatic rings. The standard InChI is InChI=1S/C24H23ClN4O2/c1-16-4-6-21(19(25)9-16)29-14-24(31-23(29)30)8-2-3-18(11-24)13-28-15-27-20-10-17(12-26)5-7-22(20)28/h4-7,9-10,15,18H,2-3,8,11,13-14H2,1H3/t18-,24-/m0/s1. The zero-order chi connectivity index (χ0) is 21.6. The van der Waals surface area contributed by atoms with Crippen molar-refractivity contribution >= 4 is 34.4 Å². The number of ether oxygens (including phenoxy) is 1.